The van der Waals surface area contributed by atoms with Crippen LogP contribution in [0.1, 0.15) is 16.8 Å². The molecule has 4 nitrogen and oxygen atoms in total. The smallest absolute Gasteiger partial charge is 0.197 e. The molecule has 3 N–H and O–H groups in total. The lowest BCUT2D eigenvalue weighted by Crippen LogP contribution is -1.95. The van der Waals surface area contributed by atoms with Gasteiger partial charge in [-0.05, 0) is 13.0 Å². The molecule has 0 fully saturated rings. The lowest BCUT2D eigenvalue weighted by molar-refractivity contribution is 0.410. The quantitative estimate of drug-likeness (QED) is 0.825. The largest absolute Gasteiger partial charge is 0.496 e. The number of anilines is 1. The maximum Gasteiger partial charge on any atom is 0.197 e. The Labute approximate surface area is 94.5 Å². The average Bonchev–Trinajstić information content (AvgIpc) is 2.64. The molecule has 0 saturated carbocycles. The average molecular weight is 217 g/mol. The fraction of sp³-hybridized carbons (Fsp3) is 0.250. The molecule has 0 atom stereocenters. The predicted octanol–water partition coefficient (Wildman–Crippen LogP) is 1.90. The zero-order valence-corrected chi connectivity index (χ0v) is 9.45. The third-order valence-corrected chi connectivity index (χ3v) is 2.46. The minimum Gasteiger partial charge on any atom is -0.496 e. The molecular formula is C12H15N3O. The number of rotatable bonds is 3. The van der Waals surface area contributed by atoms with Crippen molar-refractivity contribution in [1.82, 2.24) is 9.97 Å². The molecule has 1 aromatic heterocycles. The summed E-state index contributed by atoms with van der Waals surface area (Å²) >= 11 is 0. The van der Waals surface area contributed by atoms with E-state index < -0.39 is 0 Å². The summed E-state index contributed by atoms with van der Waals surface area (Å²) in [6.45, 7) is 2.06. The molecule has 84 valence electrons. The van der Waals surface area contributed by atoms with Crippen molar-refractivity contribution in [1.29, 1.82) is 0 Å². The number of imidazole rings is 1. The van der Waals surface area contributed by atoms with Crippen molar-refractivity contribution in [3.05, 3.63) is 41.2 Å². The van der Waals surface area contributed by atoms with E-state index in [1.54, 1.807) is 13.3 Å². The van der Waals surface area contributed by atoms with Crippen molar-refractivity contribution >= 4 is 5.95 Å². The second kappa shape index (κ2) is 4.26. The van der Waals surface area contributed by atoms with Gasteiger partial charge in [-0.15, -0.1) is 0 Å². The van der Waals surface area contributed by atoms with E-state index in [2.05, 4.69) is 23.0 Å². The molecular weight excluding hydrogens is 202 g/mol. The SMILES string of the molecule is COc1ccc(C)cc1Cc1cnc(N)[nH]1. The highest BCUT2D eigenvalue weighted by Crippen LogP contribution is 2.22. The summed E-state index contributed by atoms with van der Waals surface area (Å²) in [5.74, 6) is 1.33. The van der Waals surface area contributed by atoms with Crippen molar-refractivity contribution in [2.75, 3.05) is 12.8 Å². The number of nitrogen functional groups attached to an aromatic ring is 1. The number of benzene rings is 1. The number of H-pyrrole nitrogens is 1. The van der Waals surface area contributed by atoms with Crippen molar-refractivity contribution in [2.24, 2.45) is 0 Å². The zero-order valence-electron chi connectivity index (χ0n) is 9.45. The number of hydrogen-bond acceptors (Lipinski definition) is 3. The number of nitrogens with one attached hydrogen (secondary N) is 1. The Morgan fingerprint density at radius 1 is 1.44 bits per heavy atom. The number of nitrogens with zero attached hydrogens (tertiary/aromatic N) is 1. The lowest BCUT2D eigenvalue weighted by atomic mass is 10.1. The number of nitrogens with two attached hydrogens (primary N) is 1. The van der Waals surface area contributed by atoms with Crippen molar-refractivity contribution < 1.29 is 4.74 Å². The van der Waals surface area contributed by atoms with Gasteiger partial charge in [0.15, 0.2) is 5.95 Å². The molecule has 0 aliphatic rings. The van der Waals surface area contributed by atoms with Crippen LogP contribution in [0.2, 0.25) is 0 Å². The van der Waals surface area contributed by atoms with Gasteiger partial charge in [0.25, 0.3) is 0 Å². The van der Waals surface area contributed by atoms with Gasteiger partial charge in [0.2, 0.25) is 0 Å². The van der Waals surface area contributed by atoms with E-state index in [1.807, 2.05) is 12.1 Å². The highest BCUT2D eigenvalue weighted by Gasteiger charge is 2.06. The Morgan fingerprint density at radius 2 is 2.25 bits per heavy atom. The topological polar surface area (TPSA) is 63.9 Å². The highest BCUT2D eigenvalue weighted by atomic mass is 16.5. The Kier molecular flexibility index (Phi) is 2.81. The van der Waals surface area contributed by atoms with Gasteiger partial charge < -0.3 is 15.5 Å². The van der Waals surface area contributed by atoms with Gasteiger partial charge in [0, 0.05) is 17.7 Å². The Morgan fingerprint density at radius 3 is 2.88 bits per heavy atom. The van der Waals surface area contributed by atoms with E-state index >= 15 is 0 Å². The molecule has 4 heteroatoms. The molecule has 0 aliphatic carbocycles. The van der Waals surface area contributed by atoms with Gasteiger partial charge in [-0.3, -0.25) is 0 Å². The maximum absolute atomic E-state index is 5.53. The van der Waals surface area contributed by atoms with Crippen molar-refractivity contribution in [2.45, 2.75) is 13.3 Å². The Bertz CT molecular complexity index is 491. The molecule has 0 aliphatic heterocycles. The minimum atomic E-state index is 0.446. The van der Waals surface area contributed by atoms with Crippen LogP contribution in [0.15, 0.2) is 24.4 Å². The first-order valence-corrected chi connectivity index (χ1v) is 5.12. The molecule has 0 radical (unpaired) electrons. The molecule has 1 aromatic carbocycles. The minimum absolute atomic E-state index is 0.446. The van der Waals surface area contributed by atoms with E-state index in [-0.39, 0.29) is 0 Å². The van der Waals surface area contributed by atoms with Crippen LogP contribution in [0.3, 0.4) is 0 Å². The second-order valence-electron chi connectivity index (χ2n) is 3.79. The summed E-state index contributed by atoms with van der Waals surface area (Å²) in [6.07, 6.45) is 2.49. The molecule has 16 heavy (non-hydrogen) atoms. The first kappa shape index (κ1) is 10.5. The van der Waals surface area contributed by atoms with Crippen LogP contribution in [-0.2, 0) is 6.42 Å². The summed E-state index contributed by atoms with van der Waals surface area (Å²) < 4.78 is 5.31. The van der Waals surface area contributed by atoms with E-state index in [4.69, 9.17) is 10.5 Å². The molecule has 2 aromatic rings. The molecule has 2 rings (SSSR count). The van der Waals surface area contributed by atoms with Crippen LogP contribution >= 0.6 is 0 Å². The van der Waals surface area contributed by atoms with Crippen molar-refractivity contribution in [3.8, 4) is 5.75 Å². The van der Waals surface area contributed by atoms with Gasteiger partial charge in [0.1, 0.15) is 5.75 Å². The molecule has 0 unspecified atom stereocenters. The second-order valence-corrected chi connectivity index (χ2v) is 3.79. The molecule has 0 saturated heterocycles. The van der Waals surface area contributed by atoms with Crippen LogP contribution in [0.5, 0.6) is 5.75 Å². The number of aromatic amines is 1. The van der Waals surface area contributed by atoms with Crippen LogP contribution in [0, 0.1) is 6.92 Å². The van der Waals surface area contributed by atoms with Gasteiger partial charge >= 0.3 is 0 Å². The fourth-order valence-electron chi connectivity index (χ4n) is 1.72. The number of aryl methyl sites for hydroxylation is 1. The number of hydrogen-bond donors (Lipinski definition) is 2. The molecule has 1 heterocycles. The van der Waals surface area contributed by atoms with E-state index in [1.165, 1.54) is 5.56 Å². The van der Waals surface area contributed by atoms with Crippen LogP contribution in [-0.4, -0.2) is 17.1 Å². The number of ether oxygens (including phenoxy) is 1. The third kappa shape index (κ3) is 2.16. The summed E-state index contributed by atoms with van der Waals surface area (Å²) in [6, 6.07) is 6.11. The van der Waals surface area contributed by atoms with Crippen molar-refractivity contribution in [3.63, 3.8) is 0 Å². The first-order chi connectivity index (χ1) is 7.69. The summed E-state index contributed by atoms with van der Waals surface area (Å²) in [5.41, 5.74) is 8.86. The van der Waals surface area contributed by atoms with Gasteiger partial charge in [-0.1, -0.05) is 17.7 Å². The third-order valence-electron chi connectivity index (χ3n) is 2.46. The van der Waals surface area contributed by atoms with Gasteiger partial charge in [0.05, 0.1) is 13.3 Å². The molecule has 0 spiro atoms. The monoisotopic (exact) mass is 217 g/mol. The van der Waals surface area contributed by atoms with Crippen LogP contribution < -0.4 is 10.5 Å². The van der Waals surface area contributed by atoms with E-state index in [0.29, 0.717) is 5.95 Å². The predicted molar refractivity (Wildman–Crippen MR) is 63.5 cm³/mol. The lowest BCUT2D eigenvalue weighted by Gasteiger charge is -2.08. The van der Waals surface area contributed by atoms with Crippen LogP contribution in [0.25, 0.3) is 0 Å². The van der Waals surface area contributed by atoms with Crippen LogP contribution in [0.4, 0.5) is 5.95 Å². The van der Waals surface area contributed by atoms with Gasteiger partial charge in [-0.2, -0.15) is 0 Å². The standard InChI is InChI=1S/C12H15N3O/c1-8-3-4-11(16-2)9(5-8)6-10-7-14-12(13)15-10/h3-5,7H,6H2,1-2H3,(H3,13,14,15). The number of methoxy groups -OCH3 is 1. The summed E-state index contributed by atoms with van der Waals surface area (Å²) in [7, 11) is 1.68. The zero-order chi connectivity index (χ0) is 11.5. The first-order valence-electron chi connectivity index (χ1n) is 5.12. The molecule has 0 amide bonds. The Balaban J connectivity index is 2.29. The fourth-order valence-corrected chi connectivity index (χ4v) is 1.72. The number of aromatic nitrogens is 2. The van der Waals surface area contributed by atoms with E-state index in [0.717, 1.165) is 23.4 Å². The Hall–Kier alpha value is -1.97. The molecule has 0 bridgehead atoms. The summed E-state index contributed by atoms with van der Waals surface area (Å²) in [4.78, 5) is 6.98. The summed E-state index contributed by atoms with van der Waals surface area (Å²) in [5, 5.41) is 0. The van der Waals surface area contributed by atoms with E-state index in [9.17, 15) is 0 Å². The maximum atomic E-state index is 5.53. The van der Waals surface area contributed by atoms with Gasteiger partial charge in [-0.25, -0.2) is 4.98 Å². The highest BCUT2D eigenvalue weighted by molar-refractivity contribution is 5.39. The normalized spacial score (nSPS) is 10.4.